The fourth-order valence-corrected chi connectivity index (χ4v) is 1.14. The highest BCUT2D eigenvalue weighted by molar-refractivity contribution is 7.80. The van der Waals surface area contributed by atoms with Gasteiger partial charge in [-0.3, -0.25) is 0 Å². The van der Waals surface area contributed by atoms with Crippen molar-refractivity contribution in [1.82, 2.24) is 0 Å². The number of allylic oxidation sites excluding steroid dienone is 1. The van der Waals surface area contributed by atoms with Gasteiger partial charge in [0.25, 0.3) is 0 Å². The van der Waals surface area contributed by atoms with Crippen LogP contribution in [0.15, 0.2) is 18.2 Å². The second kappa shape index (κ2) is 5.00. The van der Waals surface area contributed by atoms with Crippen molar-refractivity contribution >= 4 is 24.4 Å². The lowest BCUT2D eigenvalue weighted by Gasteiger charge is -2.00. The van der Waals surface area contributed by atoms with Crippen molar-refractivity contribution in [2.75, 3.05) is 11.5 Å². The van der Waals surface area contributed by atoms with Crippen molar-refractivity contribution in [1.29, 1.82) is 0 Å². The first kappa shape index (κ1) is 11.0. The van der Waals surface area contributed by atoms with Crippen LogP contribution in [-0.4, -0.2) is 5.75 Å². The van der Waals surface area contributed by atoms with E-state index in [1.807, 2.05) is 0 Å². The van der Waals surface area contributed by atoms with Crippen molar-refractivity contribution in [2.24, 2.45) is 0 Å². The molecule has 1 aromatic rings. The quantitative estimate of drug-likeness (QED) is 0.588. The highest BCUT2D eigenvalue weighted by atomic mass is 32.1. The SMILES string of the molecule is Nc1cc(C=CCCS)c(F)cc1F. The maximum Gasteiger partial charge on any atom is 0.149 e. The molecule has 76 valence electrons. The normalized spacial score (nSPS) is 11.1. The monoisotopic (exact) mass is 215 g/mol. The second-order valence-electron chi connectivity index (χ2n) is 2.81. The Morgan fingerprint density at radius 1 is 1.29 bits per heavy atom. The van der Waals surface area contributed by atoms with Crippen LogP contribution in [0.2, 0.25) is 0 Å². The molecule has 0 aliphatic carbocycles. The molecular weight excluding hydrogens is 204 g/mol. The summed E-state index contributed by atoms with van der Waals surface area (Å²) in [6.45, 7) is 0. The van der Waals surface area contributed by atoms with Crippen LogP contribution in [-0.2, 0) is 0 Å². The molecule has 0 unspecified atom stereocenters. The van der Waals surface area contributed by atoms with Gasteiger partial charge in [0.05, 0.1) is 5.69 Å². The van der Waals surface area contributed by atoms with Gasteiger partial charge >= 0.3 is 0 Å². The summed E-state index contributed by atoms with van der Waals surface area (Å²) in [4.78, 5) is 0. The molecule has 0 aromatic heterocycles. The van der Waals surface area contributed by atoms with Crippen molar-refractivity contribution in [2.45, 2.75) is 6.42 Å². The zero-order valence-corrected chi connectivity index (χ0v) is 8.40. The number of rotatable bonds is 3. The Labute approximate surface area is 87.0 Å². The third-order valence-corrected chi connectivity index (χ3v) is 1.97. The summed E-state index contributed by atoms with van der Waals surface area (Å²) < 4.78 is 25.8. The van der Waals surface area contributed by atoms with E-state index >= 15 is 0 Å². The molecule has 0 bridgehead atoms. The van der Waals surface area contributed by atoms with E-state index in [1.54, 1.807) is 12.2 Å². The van der Waals surface area contributed by atoms with E-state index in [4.69, 9.17) is 5.73 Å². The molecule has 0 radical (unpaired) electrons. The Hall–Kier alpha value is -1.03. The summed E-state index contributed by atoms with van der Waals surface area (Å²) in [5.74, 6) is -0.643. The molecule has 0 saturated carbocycles. The summed E-state index contributed by atoms with van der Waals surface area (Å²) in [7, 11) is 0. The van der Waals surface area contributed by atoms with Crippen molar-refractivity contribution in [3.05, 3.63) is 35.4 Å². The predicted octanol–water partition coefficient (Wildman–Crippen LogP) is 2.88. The Kier molecular flexibility index (Phi) is 3.95. The number of anilines is 1. The summed E-state index contributed by atoms with van der Waals surface area (Å²) in [5, 5.41) is 0. The van der Waals surface area contributed by atoms with Crippen LogP contribution >= 0.6 is 12.6 Å². The zero-order valence-electron chi connectivity index (χ0n) is 7.50. The van der Waals surface area contributed by atoms with Crippen molar-refractivity contribution in [3.63, 3.8) is 0 Å². The third kappa shape index (κ3) is 2.73. The number of thiol groups is 1. The zero-order chi connectivity index (χ0) is 10.6. The lowest BCUT2D eigenvalue weighted by atomic mass is 10.1. The van der Waals surface area contributed by atoms with Gasteiger partial charge in [-0.15, -0.1) is 0 Å². The summed E-state index contributed by atoms with van der Waals surface area (Å²) in [6.07, 6.45) is 4.07. The van der Waals surface area contributed by atoms with Crippen LogP contribution in [0.4, 0.5) is 14.5 Å². The molecule has 0 heterocycles. The van der Waals surface area contributed by atoms with Gasteiger partial charge in [0.15, 0.2) is 0 Å². The van der Waals surface area contributed by atoms with Crippen LogP contribution in [0, 0.1) is 11.6 Å². The summed E-state index contributed by atoms with van der Waals surface area (Å²) >= 11 is 4.00. The van der Waals surface area contributed by atoms with Gasteiger partial charge in [-0.25, -0.2) is 8.78 Å². The number of hydrogen-bond acceptors (Lipinski definition) is 2. The first-order valence-electron chi connectivity index (χ1n) is 4.17. The number of nitrogens with two attached hydrogens (primary N) is 1. The minimum atomic E-state index is -0.728. The van der Waals surface area contributed by atoms with Gasteiger partial charge in [-0.2, -0.15) is 12.6 Å². The van der Waals surface area contributed by atoms with E-state index in [0.29, 0.717) is 11.3 Å². The molecule has 14 heavy (non-hydrogen) atoms. The smallest absolute Gasteiger partial charge is 0.149 e. The van der Waals surface area contributed by atoms with Gasteiger partial charge in [-0.1, -0.05) is 12.2 Å². The first-order chi connectivity index (χ1) is 6.65. The molecule has 0 spiro atoms. The van der Waals surface area contributed by atoms with E-state index < -0.39 is 11.6 Å². The molecule has 0 amide bonds. The van der Waals surface area contributed by atoms with Crippen LogP contribution in [0.1, 0.15) is 12.0 Å². The molecule has 4 heteroatoms. The molecule has 0 aliphatic rings. The van der Waals surface area contributed by atoms with Gasteiger partial charge < -0.3 is 5.73 Å². The Balaban J connectivity index is 2.92. The summed E-state index contributed by atoms with van der Waals surface area (Å²) in [5.41, 5.74) is 5.56. The topological polar surface area (TPSA) is 26.0 Å². The van der Waals surface area contributed by atoms with Gasteiger partial charge in [0, 0.05) is 11.6 Å². The number of halogens is 2. The number of hydrogen-bond donors (Lipinski definition) is 2. The van der Waals surface area contributed by atoms with Crippen LogP contribution in [0.25, 0.3) is 6.08 Å². The van der Waals surface area contributed by atoms with Crippen LogP contribution in [0.3, 0.4) is 0 Å². The predicted molar refractivity (Wildman–Crippen MR) is 58.3 cm³/mol. The highest BCUT2D eigenvalue weighted by Gasteiger charge is 2.04. The number of benzene rings is 1. The van der Waals surface area contributed by atoms with Gasteiger partial charge in [0.1, 0.15) is 11.6 Å². The Morgan fingerprint density at radius 3 is 2.64 bits per heavy atom. The molecule has 1 rings (SSSR count). The molecule has 0 fully saturated rings. The average Bonchev–Trinajstić information content (AvgIpc) is 2.14. The molecule has 2 N–H and O–H groups in total. The van der Waals surface area contributed by atoms with E-state index in [9.17, 15) is 8.78 Å². The van der Waals surface area contributed by atoms with Crippen molar-refractivity contribution < 1.29 is 8.78 Å². The standard InChI is InChI=1S/C10H11F2NS/c11-8-6-9(12)10(13)5-7(8)3-1-2-4-14/h1,3,5-6,14H,2,4,13H2. The molecule has 0 atom stereocenters. The average molecular weight is 215 g/mol. The second-order valence-corrected chi connectivity index (χ2v) is 3.26. The van der Waals surface area contributed by atoms with E-state index in [1.165, 1.54) is 6.07 Å². The third-order valence-electron chi connectivity index (χ3n) is 1.71. The first-order valence-corrected chi connectivity index (χ1v) is 4.80. The minimum absolute atomic E-state index is 0.0445. The van der Waals surface area contributed by atoms with Gasteiger partial charge in [0.2, 0.25) is 0 Å². The van der Waals surface area contributed by atoms with E-state index in [2.05, 4.69) is 12.6 Å². The summed E-state index contributed by atoms with van der Waals surface area (Å²) in [6, 6.07) is 2.06. The molecule has 1 aromatic carbocycles. The fraction of sp³-hybridized carbons (Fsp3) is 0.200. The Bertz CT molecular complexity index is 350. The number of nitrogen functional groups attached to an aromatic ring is 1. The van der Waals surface area contributed by atoms with Crippen molar-refractivity contribution in [3.8, 4) is 0 Å². The maximum atomic E-state index is 13.1. The molecular formula is C10H11F2NS. The highest BCUT2D eigenvalue weighted by Crippen LogP contribution is 2.17. The molecule has 0 saturated heterocycles. The van der Waals surface area contributed by atoms with E-state index in [0.717, 1.165) is 12.5 Å². The largest absolute Gasteiger partial charge is 0.396 e. The van der Waals surface area contributed by atoms with Gasteiger partial charge in [-0.05, 0) is 18.2 Å². The Morgan fingerprint density at radius 2 is 2.00 bits per heavy atom. The fourth-order valence-electron chi connectivity index (χ4n) is 0.996. The van der Waals surface area contributed by atoms with Crippen LogP contribution in [0.5, 0.6) is 0 Å². The lowest BCUT2D eigenvalue weighted by Crippen LogP contribution is -1.93. The molecule has 0 aliphatic heterocycles. The van der Waals surface area contributed by atoms with E-state index in [-0.39, 0.29) is 5.69 Å². The minimum Gasteiger partial charge on any atom is -0.396 e. The maximum absolute atomic E-state index is 13.1. The lowest BCUT2D eigenvalue weighted by molar-refractivity contribution is 0.584. The van der Waals surface area contributed by atoms with Crippen LogP contribution < -0.4 is 5.73 Å². The molecule has 1 nitrogen and oxygen atoms in total.